The topological polar surface area (TPSA) is 55.1 Å². The van der Waals surface area contributed by atoms with Crippen LogP contribution in [0.3, 0.4) is 0 Å². The van der Waals surface area contributed by atoms with Crippen LogP contribution in [-0.2, 0) is 4.79 Å². The molecule has 1 rings (SSSR count). The molecule has 112 valence electrons. The Bertz CT molecular complexity index is 480. The maximum absolute atomic E-state index is 12.0. The Labute approximate surface area is 138 Å². The van der Waals surface area contributed by atoms with Gasteiger partial charge in [-0.05, 0) is 52.9 Å². The third-order valence-electron chi connectivity index (χ3n) is 2.92. The van der Waals surface area contributed by atoms with Crippen LogP contribution >= 0.6 is 39.1 Å². The van der Waals surface area contributed by atoms with E-state index in [0.29, 0.717) is 39.1 Å². The lowest BCUT2D eigenvalue weighted by Gasteiger charge is -2.17. The van der Waals surface area contributed by atoms with Crippen molar-refractivity contribution in [2.75, 3.05) is 11.9 Å². The van der Waals surface area contributed by atoms with Crippen LogP contribution in [0, 0.1) is 11.8 Å². The fraction of sp³-hybridized carbons (Fsp3) is 0.500. The summed E-state index contributed by atoms with van der Waals surface area (Å²) in [6, 6.07) is 3.47. The number of carbonyl (C=O) groups is 1. The van der Waals surface area contributed by atoms with Crippen LogP contribution in [0.4, 0.5) is 5.69 Å². The van der Waals surface area contributed by atoms with E-state index in [0.717, 1.165) is 6.42 Å². The van der Waals surface area contributed by atoms with E-state index < -0.39 is 0 Å². The van der Waals surface area contributed by atoms with Gasteiger partial charge in [0.05, 0.1) is 15.7 Å². The molecule has 0 aromatic heterocycles. The number of hydrogen-bond donors (Lipinski definition) is 2. The molecule has 3 N–H and O–H groups in total. The van der Waals surface area contributed by atoms with Crippen molar-refractivity contribution >= 4 is 50.7 Å². The van der Waals surface area contributed by atoms with Crippen LogP contribution in [0.1, 0.15) is 26.7 Å². The predicted octanol–water partition coefficient (Wildman–Crippen LogP) is 4.71. The van der Waals surface area contributed by atoms with Crippen molar-refractivity contribution in [3.63, 3.8) is 0 Å². The smallest absolute Gasteiger partial charge is 0.224 e. The van der Waals surface area contributed by atoms with Crippen LogP contribution in [0.2, 0.25) is 10.0 Å². The average Bonchev–Trinajstić information content (AvgIpc) is 2.38. The molecule has 0 spiro atoms. The number of rotatable bonds is 6. The van der Waals surface area contributed by atoms with E-state index in [9.17, 15) is 4.79 Å². The molecule has 0 saturated heterocycles. The first-order valence-electron chi connectivity index (χ1n) is 6.48. The normalized spacial score (nSPS) is 12.6. The highest BCUT2D eigenvalue weighted by Crippen LogP contribution is 2.35. The van der Waals surface area contributed by atoms with Gasteiger partial charge in [0.2, 0.25) is 5.91 Å². The monoisotopic (exact) mass is 380 g/mol. The number of benzene rings is 1. The molecule has 1 unspecified atom stereocenters. The Kier molecular flexibility index (Phi) is 7.30. The van der Waals surface area contributed by atoms with Gasteiger partial charge in [-0.1, -0.05) is 37.0 Å². The number of nitrogens with one attached hydrogen (secondary N) is 1. The fourth-order valence-electron chi connectivity index (χ4n) is 2.02. The van der Waals surface area contributed by atoms with Crippen molar-refractivity contribution in [1.82, 2.24) is 0 Å². The summed E-state index contributed by atoms with van der Waals surface area (Å²) in [7, 11) is 0. The lowest BCUT2D eigenvalue weighted by atomic mass is 9.94. The first kappa shape index (κ1) is 17.8. The molecule has 1 atom stereocenters. The molecule has 0 aliphatic rings. The largest absolute Gasteiger partial charge is 0.330 e. The number of amides is 1. The highest BCUT2D eigenvalue weighted by Gasteiger charge is 2.16. The van der Waals surface area contributed by atoms with Gasteiger partial charge < -0.3 is 11.1 Å². The van der Waals surface area contributed by atoms with E-state index in [4.69, 9.17) is 28.9 Å². The predicted molar refractivity (Wildman–Crippen MR) is 89.4 cm³/mol. The zero-order valence-electron chi connectivity index (χ0n) is 11.6. The maximum atomic E-state index is 12.0. The minimum absolute atomic E-state index is 0.0959. The first-order valence-corrected chi connectivity index (χ1v) is 8.03. The zero-order chi connectivity index (χ0) is 15.3. The van der Waals surface area contributed by atoms with Crippen molar-refractivity contribution in [3.8, 4) is 0 Å². The van der Waals surface area contributed by atoms with E-state index in [1.54, 1.807) is 12.1 Å². The maximum Gasteiger partial charge on any atom is 0.224 e. The minimum atomic E-state index is -0.0959. The van der Waals surface area contributed by atoms with Gasteiger partial charge >= 0.3 is 0 Å². The quantitative estimate of drug-likeness (QED) is 0.701. The summed E-state index contributed by atoms with van der Waals surface area (Å²) in [4.78, 5) is 12.0. The number of hydrogen-bond acceptors (Lipinski definition) is 2. The molecule has 0 bridgehead atoms. The van der Waals surface area contributed by atoms with Gasteiger partial charge in [0, 0.05) is 10.9 Å². The molecule has 1 aromatic rings. The SMILES string of the molecule is CC(C)CC(CN)CC(=O)Nc1ccc(Br)c(Cl)c1Cl. The Balaban J connectivity index is 2.69. The van der Waals surface area contributed by atoms with Crippen LogP contribution < -0.4 is 11.1 Å². The van der Waals surface area contributed by atoms with E-state index >= 15 is 0 Å². The Morgan fingerprint density at radius 2 is 2.00 bits per heavy atom. The van der Waals surface area contributed by atoms with Crippen LogP contribution in [0.15, 0.2) is 16.6 Å². The van der Waals surface area contributed by atoms with Gasteiger partial charge in [-0.3, -0.25) is 4.79 Å². The summed E-state index contributed by atoms with van der Waals surface area (Å²) in [6.45, 7) is 4.73. The summed E-state index contributed by atoms with van der Waals surface area (Å²) in [5, 5.41) is 3.51. The highest BCUT2D eigenvalue weighted by atomic mass is 79.9. The fourth-order valence-corrected chi connectivity index (χ4v) is 2.84. The van der Waals surface area contributed by atoms with Crippen molar-refractivity contribution in [3.05, 3.63) is 26.7 Å². The standard InChI is InChI=1S/C14H19BrCl2N2O/c1-8(2)5-9(7-18)6-12(20)19-11-4-3-10(15)13(16)14(11)17/h3-4,8-9H,5-7,18H2,1-2H3,(H,19,20). The van der Waals surface area contributed by atoms with Gasteiger partial charge in [-0.15, -0.1) is 0 Å². The summed E-state index contributed by atoms with van der Waals surface area (Å²) >= 11 is 15.4. The molecule has 0 radical (unpaired) electrons. The van der Waals surface area contributed by atoms with E-state index in [1.807, 2.05) is 0 Å². The number of anilines is 1. The van der Waals surface area contributed by atoms with Gasteiger partial charge in [0.1, 0.15) is 0 Å². The summed E-state index contributed by atoms with van der Waals surface area (Å²) in [5.74, 6) is 0.600. The molecule has 6 heteroatoms. The van der Waals surface area contributed by atoms with Gasteiger partial charge in [0.25, 0.3) is 0 Å². The second kappa shape index (κ2) is 8.23. The first-order chi connectivity index (χ1) is 9.35. The molecule has 0 aliphatic carbocycles. The summed E-state index contributed by atoms with van der Waals surface area (Å²) < 4.78 is 0.696. The molecule has 3 nitrogen and oxygen atoms in total. The van der Waals surface area contributed by atoms with Crippen LogP contribution in [0.25, 0.3) is 0 Å². The molecule has 0 heterocycles. The number of nitrogens with two attached hydrogens (primary N) is 1. The molecular formula is C14H19BrCl2N2O. The van der Waals surface area contributed by atoms with Crippen molar-refractivity contribution in [1.29, 1.82) is 0 Å². The third kappa shape index (κ3) is 5.24. The lowest BCUT2D eigenvalue weighted by molar-refractivity contribution is -0.117. The molecule has 0 saturated carbocycles. The Morgan fingerprint density at radius 1 is 1.35 bits per heavy atom. The van der Waals surface area contributed by atoms with Crippen molar-refractivity contribution in [2.45, 2.75) is 26.7 Å². The van der Waals surface area contributed by atoms with Gasteiger partial charge in [-0.2, -0.15) is 0 Å². The van der Waals surface area contributed by atoms with Gasteiger partial charge in [0.15, 0.2) is 0 Å². The van der Waals surface area contributed by atoms with Crippen LogP contribution in [0.5, 0.6) is 0 Å². The second-order valence-corrected chi connectivity index (χ2v) is 6.82. The van der Waals surface area contributed by atoms with Gasteiger partial charge in [-0.25, -0.2) is 0 Å². The molecular weight excluding hydrogens is 363 g/mol. The van der Waals surface area contributed by atoms with E-state index in [1.165, 1.54) is 0 Å². The third-order valence-corrected chi connectivity index (χ3v) is 4.69. The van der Waals surface area contributed by atoms with Crippen molar-refractivity contribution in [2.24, 2.45) is 17.6 Å². The molecule has 1 aromatic carbocycles. The minimum Gasteiger partial charge on any atom is -0.330 e. The number of carbonyl (C=O) groups excluding carboxylic acids is 1. The van der Waals surface area contributed by atoms with E-state index in [-0.39, 0.29) is 11.8 Å². The number of halogens is 3. The summed E-state index contributed by atoms with van der Waals surface area (Å²) in [5.41, 5.74) is 6.22. The Hall–Kier alpha value is -0.290. The highest BCUT2D eigenvalue weighted by molar-refractivity contribution is 9.10. The van der Waals surface area contributed by atoms with Crippen LogP contribution in [-0.4, -0.2) is 12.5 Å². The zero-order valence-corrected chi connectivity index (χ0v) is 14.6. The molecule has 0 fully saturated rings. The second-order valence-electron chi connectivity index (χ2n) is 5.21. The Morgan fingerprint density at radius 3 is 2.55 bits per heavy atom. The molecule has 1 amide bonds. The summed E-state index contributed by atoms with van der Waals surface area (Å²) in [6.07, 6.45) is 1.32. The average molecular weight is 382 g/mol. The van der Waals surface area contributed by atoms with E-state index in [2.05, 4.69) is 35.1 Å². The lowest BCUT2D eigenvalue weighted by Crippen LogP contribution is -2.23. The molecule has 0 aliphatic heterocycles. The molecule has 20 heavy (non-hydrogen) atoms. The van der Waals surface area contributed by atoms with Crippen molar-refractivity contribution < 1.29 is 4.79 Å².